The molecule has 3 heterocycles. The monoisotopic (exact) mass is 413 g/mol. The Morgan fingerprint density at radius 2 is 1.93 bits per heavy atom. The minimum absolute atomic E-state index is 0.158. The minimum Gasteiger partial charge on any atom is -0.408 e. The number of aliphatic hydroxyl groups excluding tert-OH is 1. The van der Waals surface area contributed by atoms with E-state index in [1.54, 1.807) is 18.0 Å². The molecule has 0 amide bonds. The maximum atomic E-state index is 9.89. The quantitative estimate of drug-likeness (QED) is 0.550. The number of halogens is 1. The highest BCUT2D eigenvalue weighted by Crippen LogP contribution is 2.37. The maximum absolute atomic E-state index is 9.89. The molecule has 1 fully saturated rings. The van der Waals surface area contributed by atoms with Gasteiger partial charge in [-0.15, -0.1) is 0 Å². The van der Waals surface area contributed by atoms with Gasteiger partial charge in [-0.2, -0.15) is 0 Å². The molecule has 2 aromatic heterocycles. The van der Waals surface area contributed by atoms with Crippen LogP contribution in [0, 0.1) is 0 Å². The molecule has 3 rings (SSSR count). The first-order valence-corrected chi connectivity index (χ1v) is 11.0. The van der Waals surface area contributed by atoms with Gasteiger partial charge in [0.25, 0.3) is 0 Å². The molecule has 1 radical (unpaired) electrons. The van der Waals surface area contributed by atoms with Crippen molar-refractivity contribution in [3.63, 3.8) is 0 Å². The molecule has 149 valence electrons. The fraction of sp³-hybridized carbons (Fsp3) is 0.706. The number of aliphatic hydroxyl groups is 1. The summed E-state index contributed by atoms with van der Waals surface area (Å²) in [4.78, 5) is 12.5. The smallest absolute Gasteiger partial charge is 0.217 e. The molecule has 27 heavy (non-hydrogen) atoms. The lowest BCUT2D eigenvalue weighted by atomic mass is 10.1. The second kappa shape index (κ2) is 8.50. The van der Waals surface area contributed by atoms with Gasteiger partial charge in [-0.25, -0.2) is 15.0 Å². The Balaban J connectivity index is 1.94. The Morgan fingerprint density at radius 3 is 2.52 bits per heavy atom. The molecule has 0 saturated carbocycles. The van der Waals surface area contributed by atoms with Crippen molar-refractivity contribution in [2.75, 3.05) is 13.7 Å². The van der Waals surface area contributed by atoms with Gasteiger partial charge in [0.1, 0.15) is 30.2 Å². The maximum Gasteiger partial charge on any atom is 0.217 e. The third-order valence-electron chi connectivity index (χ3n) is 4.74. The lowest BCUT2D eigenvalue weighted by Crippen LogP contribution is -2.43. The summed E-state index contributed by atoms with van der Waals surface area (Å²) in [6, 6.07) is 0. The van der Waals surface area contributed by atoms with Gasteiger partial charge in [0, 0.05) is 7.11 Å². The van der Waals surface area contributed by atoms with E-state index in [0.29, 0.717) is 22.2 Å². The molecule has 1 aliphatic rings. The number of methoxy groups -OCH3 is 1. The van der Waals surface area contributed by atoms with Crippen LogP contribution in [0.3, 0.4) is 0 Å². The van der Waals surface area contributed by atoms with Crippen LogP contribution < -0.4 is 0 Å². The molecule has 2 aromatic rings. The summed E-state index contributed by atoms with van der Waals surface area (Å²) in [5.74, 6) is 0. The Bertz CT molecular complexity index is 766. The Hall–Kier alpha value is -1.10. The molecule has 1 N–H and O–H groups in total. The topological polar surface area (TPSA) is 91.5 Å². The van der Waals surface area contributed by atoms with Gasteiger partial charge >= 0.3 is 0 Å². The van der Waals surface area contributed by atoms with Gasteiger partial charge in [-0.05, 0) is 11.1 Å². The highest BCUT2D eigenvalue weighted by atomic mass is 35.5. The van der Waals surface area contributed by atoms with E-state index in [0.717, 1.165) is 0 Å². The van der Waals surface area contributed by atoms with Crippen molar-refractivity contribution in [1.29, 1.82) is 0 Å². The molecule has 0 aliphatic carbocycles. The van der Waals surface area contributed by atoms with Gasteiger partial charge in [0.15, 0.2) is 17.0 Å². The van der Waals surface area contributed by atoms with Crippen molar-refractivity contribution < 1.29 is 19.0 Å². The highest BCUT2D eigenvalue weighted by Gasteiger charge is 2.48. The average Bonchev–Trinajstić information content (AvgIpc) is 3.20. The van der Waals surface area contributed by atoms with Crippen molar-refractivity contribution in [2.24, 2.45) is 0 Å². The number of hydrogen-bond acceptors (Lipinski definition) is 7. The van der Waals surface area contributed by atoms with E-state index in [2.05, 4.69) is 42.6 Å². The highest BCUT2D eigenvalue weighted by molar-refractivity contribution is 6.55. The van der Waals surface area contributed by atoms with Crippen molar-refractivity contribution in [2.45, 2.75) is 63.3 Å². The number of nitrogens with zero attached hydrogens (tertiary/aromatic N) is 4. The Labute approximate surface area is 165 Å². The lowest BCUT2D eigenvalue weighted by molar-refractivity contribution is -0.0583. The van der Waals surface area contributed by atoms with E-state index in [9.17, 15) is 5.11 Å². The molecule has 4 atom stereocenters. The predicted octanol–water partition coefficient (Wildman–Crippen LogP) is 2.58. The molecule has 1 saturated heterocycles. The first kappa shape index (κ1) is 20.6. The van der Waals surface area contributed by atoms with Gasteiger partial charge in [0.2, 0.25) is 9.04 Å². The van der Waals surface area contributed by atoms with E-state index in [1.165, 1.54) is 6.33 Å². The standard InChI is InChI=1S/C17H26ClN4O4Si/c1-9(2)27(10(3)4)26-13-11(6-23)25-17(14(13)24-5)22-8-21-12-15(18)19-7-20-16(12)22/h7-11,13-14,17,23H,6H2,1-5H3/t11-,13?,14?,17-/m1/s1. The molecular weight excluding hydrogens is 388 g/mol. The van der Waals surface area contributed by atoms with Crippen LogP contribution in [0.25, 0.3) is 11.2 Å². The summed E-state index contributed by atoms with van der Waals surface area (Å²) < 4.78 is 20.1. The second-order valence-corrected chi connectivity index (χ2v) is 10.9. The van der Waals surface area contributed by atoms with E-state index in [1.807, 2.05) is 0 Å². The van der Waals surface area contributed by atoms with E-state index in [-0.39, 0.29) is 17.9 Å². The second-order valence-electron chi connectivity index (χ2n) is 7.23. The molecule has 0 aromatic carbocycles. The summed E-state index contributed by atoms with van der Waals surface area (Å²) in [5.41, 5.74) is 1.90. The zero-order chi connectivity index (χ0) is 19.7. The van der Waals surface area contributed by atoms with Crippen molar-refractivity contribution >= 4 is 31.8 Å². The molecule has 8 nitrogen and oxygen atoms in total. The first-order valence-electron chi connectivity index (χ1n) is 9.04. The summed E-state index contributed by atoms with van der Waals surface area (Å²) in [7, 11) is 0.491. The number of rotatable bonds is 7. The molecule has 0 bridgehead atoms. The van der Waals surface area contributed by atoms with Crippen LogP contribution in [0.15, 0.2) is 12.7 Å². The van der Waals surface area contributed by atoms with Crippen LogP contribution in [0.4, 0.5) is 0 Å². The fourth-order valence-electron chi connectivity index (χ4n) is 3.58. The molecule has 2 unspecified atom stereocenters. The van der Waals surface area contributed by atoms with E-state index in [4.69, 9.17) is 25.5 Å². The lowest BCUT2D eigenvalue weighted by Gasteiger charge is -2.30. The van der Waals surface area contributed by atoms with Gasteiger partial charge in [-0.3, -0.25) is 4.57 Å². The summed E-state index contributed by atoms with van der Waals surface area (Å²) in [6.07, 6.45) is 1.18. The van der Waals surface area contributed by atoms with Crippen molar-refractivity contribution in [1.82, 2.24) is 19.5 Å². The Kier molecular flexibility index (Phi) is 6.49. The number of imidazole rings is 1. The third kappa shape index (κ3) is 3.89. The minimum atomic E-state index is -1.13. The van der Waals surface area contributed by atoms with Crippen LogP contribution in [0.5, 0.6) is 0 Å². The van der Waals surface area contributed by atoms with Crippen LogP contribution in [-0.4, -0.2) is 65.7 Å². The predicted molar refractivity (Wildman–Crippen MR) is 103 cm³/mol. The zero-order valence-electron chi connectivity index (χ0n) is 16.2. The van der Waals surface area contributed by atoms with Gasteiger partial charge in [-0.1, -0.05) is 39.3 Å². The number of fused-ring (bicyclic) bond motifs is 1. The fourth-order valence-corrected chi connectivity index (χ4v) is 6.23. The van der Waals surface area contributed by atoms with Crippen LogP contribution in [0.2, 0.25) is 16.2 Å². The molecule has 0 spiro atoms. The normalized spacial score (nSPS) is 26.1. The van der Waals surface area contributed by atoms with Gasteiger partial charge < -0.3 is 19.0 Å². The van der Waals surface area contributed by atoms with Crippen molar-refractivity contribution in [3.8, 4) is 0 Å². The van der Waals surface area contributed by atoms with Crippen LogP contribution in [0.1, 0.15) is 33.9 Å². The van der Waals surface area contributed by atoms with Crippen molar-refractivity contribution in [3.05, 3.63) is 17.8 Å². The summed E-state index contributed by atoms with van der Waals surface area (Å²) in [5, 5.41) is 10.2. The van der Waals surface area contributed by atoms with E-state index >= 15 is 0 Å². The van der Waals surface area contributed by atoms with Crippen LogP contribution in [-0.2, 0) is 13.9 Å². The van der Waals surface area contributed by atoms with Gasteiger partial charge in [0.05, 0.1) is 12.9 Å². The summed E-state index contributed by atoms with van der Waals surface area (Å²) in [6.45, 7) is 8.51. The average molecular weight is 414 g/mol. The zero-order valence-corrected chi connectivity index (χ0v) is 17.9. The SMILES string of the molecule is COC1C(O[Si](C(C)C)C(C)C)[C@@H](CO)O[C@H]1n1cnc2c(Cl)ncnc21. The number of aromatic nitrogens is 4. The largest absolute Gasteiger partial charge is 0.408 e. The number of ether oxygens (including phenoxy) is 2. The third-order valence-corrected chi connectivity index (χ3v) is 7.83. The van der Waals surface area contributed by atoms with E-state index < -0.39 is 27.5 Å². The molecule has 10 heteroatoms. The molecular formula is C17H26ClN4O4Si. The molecule has 1 aliphatic heterocycles. The Morgan fingerprint density at radius 1 is 1.22 bits per heavy atom. The summed E-state index contributed by atoms with van der Waals surface area (Å²) >= 11 is 6.11. The first-order chi connectivity index (χ1) is 12.9. The van der Waals surface area contributed by atoms with Crippen LogP contribution >= 0.6 is 11.6 Å². The number of hydrogen-bond donors (Lipinski definition) is 1.